The van der Waals surface area contributed by atoms with Gasteiger partial charge in [0.05, 0.1) is 22.6 Å². The van der Waals surface area contributed by atoms with Gasteiger partial charge >= 0.3 is 0 Å². The molecular formula is C35H36ClFN4O7S. The average Bonchev–Trinajstić information content (AvgIpc) is 3.05. The highest BCUT2D eigenvalue weighted by Crippen LogP contribution is 2.36. The minimum atomic E-state index is -4.74. The number of anilines is 1. The number of nitrogens with zero attached hydrogens (tertiary/aromatic N) is 3. The van der Waals surface area contributed by atoms with Gasteiger partial charge in [-0.2, -0.15) is 0 Å². The highest BCUT2D eigenvalue weighted by Gasteiger charge is 2.36. The number of carbonyl (C=O) groups excluding carboxylic acids is 2. The molecule has 258 valence electrons. The topological polar surface area (TPSA) is 139 Å². The standard InChI is InChI=1S/C35H36ClFN4O7S/c1-23(2)38-35(43)32(18-25-10-6-5-7-11-25)39(21-26-12-8-9-13-29(26)37)34(42)22-40(31-19-27(36)15-17-33(31)48-4)49(46,47)28-16-14-24(3)30(20-28)41(44)45/h5-17,19-20,23,32H,18,21-22H2,1-4H3,(H,38,43). The Balaban J connectivity index is 1.90. The van der Waals surface area contributed by atoms with Crippen LogP contribution >= 0.6 is 11.6 Å². The summed E-state index contributed by atoms with van der Waals surface area (Å²) in [6.45, 7) is 3.67. The van der Waals surface area contributed by atoms with Crippen molar-refractivity contribution < 1.29 is 32.1 Å². The van der Waals surface area contributed by atoms with Crippen molar-refractivity contribution in [2.45, 2.75) is 50.7 Å². The SMILES string of the molecule is COc1ccc(Cl)cc1N(CC(=O)N(Cc1ccccc1F)C(Cc1ccccc1)C(=O)NC(C)C)S(=O)(=O)c1ccc(C)c([N+](=O)[O-])c1. The first-order valence-corrected chi connectivity index (χ1v) is 17.0. The van der Waals surface area contributed by atoms with E-state index >= 15 is 4.39 Å². The predicted molar refractivity (Wildman–Crippen MR) is 185 cm³/mol. The molecule has 0 bridgehead atoms. The van der Waals surface area contributed by atoms with Crippen molar-refractivity contribution in [1.82, 2.24) is 10.2 Å². The molecule has 0 heterocycles. The van der Waals surface area contributed by atoms with Gasteiger partial charge in [-0.3, -0.25) is 24.0 Å². The van der Waals surface area contributed by atoms with E-state index in [0.29, 0.717) is 5.56 Å². The zero-order chi connectivity index (χ0) is 35.9. The van der Waals surface area contributed by atoms with Crippen LogP contribution in [0.3, 0.4) is 0 Å². The maximum Gasteiger partial charge on any atom is 0.273 e. The fourth-order valence-corrected chi connectivity index (χ4v) is 6.79. The number of nitro groups is 1. The van der Waals surface area contributed by atoms with Crippen LogP contribution in [0.4, 0.5) is 15.8 Å². The molecule has 0 fully saturated rings. The molecule has 11 nitrogen and oxygen atoms in total. The molecular weight excluding hydrogens is 675 g/mol. The Morgan fingerprint density at radius 1 is 1.00 bits per heavy atom. The molecule has 1 unspecified atom stereocenters. The van der Waals surface area contributed by atoms with Gasteiger partial charge in [-0.25, -0.2) is 12.8 Å². The molecule has 49 heavy (non-hydrogen) atoms. The van der Waals surface area contributed by atoms with Crippen LogP contribution in [0.1, 0.15) is 30.5 Å². The molecule has 1 N–H and O–H groups in total. The minimum Gasteiger partial charge on any atom is -0.495 e. The molecule has 0 aliphatic heterocycles. The lowest BCUT2D eigenvalue weighted by atomic mass is 10.0. The van der Waals surface area contributed by atoms with E-state index in [1.54, 1.807) is 50.2 Å². The van der Waals surface area contributed by atoms with E-state index < -0.39 is 55.7 Å². The number of sulfonamides is 1. The predicted octanol–water partition coefficient (Wildman–Crippen LogP) is 6.06. The van der Waals surface area contributed by atoms with Gasteiger partial charge in [0.1, 0.15) is 24.2 Å². The molecule has 14 heteroatoms. The van der Waals surface area contributed by atoms with Gasteiger partial charge in [0, 0.05) is 41.2 Å². The molecule has 0 saturated heterocycles. The number of amides is 2. The van der Waals surface area contributed by atoms with Gasteiger partial charge in [0.2, 0.25) is 11.8 Å². The average molecular weight is 711 g/mol. The Morgan fingerprint density at radius 2 is 1.67 bits per heavy atom. The lowest BCUT2D eigenvalue weighted by molar-refractivity contribution is -0.385. The third-order valence-electron chi connectivity index (χ3n) is 7.65. The largest absolute Gasteiger partial charge is 0.495 e. The Labute approximate surface area is 289 Å². The summed E-state index contributed by atoms with van der Waals surface area (Å²) >= 11 is 6.30. The van der Waals surface area contributed by atoms with Gasteiger partial charge in [-0.05, 0) is 56.7 Å². The number of carbonyl (C=O) groups is 2. The molecule has 0 aliphatic carbocycles. The maximum absolute atomic E-state index is 15.1. The van der Waals surface area contributed by atoms with E-state index in [0.717, 1.165) is 15.3 Å². The number of nitrogens with one attached hydrogen (secondary N) is 1. The first-order chi connectivity index (χ1) is 23.2. The molecule has 4 aromatic carbocycles. The van der Waals surface area contributed by atoms with Gasteiger partial charge in [-0.1, -0.05) is 66.2 Å². The molecule has 4 rings (SSSR count). The van der Waals surface area contributed by atoms with Crippen LogP contribution in [0.15, 0.2) is 95.9 Å². The van der Waals surface area contributed by atoms with Crippen LogP contribution in [0, 0.1) is 22.9 Å². The number of ether oxygens (including phenoxy) is 1. The number of benzene rings is 4. The molecule has 0 radical (unpaired) electrons. The van der Waals surface area contributed by atoms with Crippen molar-refractivity contribution >= 4 is 44.8 Å². The van der Waals surface area contributed by atoms with Crippen LogP contribution in [0.25, 0.3) is 0 Å². The van der Waals surface area contributed by atoms with Crippen molar-refractivity contribution in [1.29, 1.82) is 0 Å². The Morgan fingerprint density at radius 3 is 2.31 bits per heavy atom. The number of nitro benzene ring substituents is 1. The first-order valence-electron chi connectivity index (χ1n) is 15.2. The molecule has 0 aromatic heterocycles. The smallest absolute Gasteiger partial charge is 0.273 e. The second-order valence-electron chi connectivity index (χ2n) is 11.5. The maximum atomic E-state index is 15.1. The summed E-state index contributed by atoms with van der Waals surface area (Å²) < 4.78 is 50.1. The number of methoxy groups -OCH3 is 1. The molecule has 4 aromatic rings. The first kappa shape index (κ1) is 36.8. The van der Waals surface area contributed by atoms with E-state index in [4.69, 9.17) is 16.3 Å². The monoisotopic (exact) mass is 710 g/mol. The Bertz CT molecular complexity index is 1940. The zero-order valence-electron chi connectivity index (χ0n) is 27.3. The third kappa shape index (κ3) is 8.92. The van der Waals surface area contributed by atoms with Crippen LogP contribution in [0.2, 0.25) is 5.02 Å². The van der Waals surface area contributed by atoms with Crippen LogP contribution < -0.4 is 14.4 Å². The lowest BCUT2D eigenvalue weighted by Crippen LogP contribution is -2.54. The van der Waals surface area contributed by atoms with Crippen molar-refractivity contribution in [2.75, 3.05) is 18.0 Å². The van der Waals surface area contributed by atoms with E-state index in [9.17, 15) is 28.1 Å². The van der Waals surface area contributed by atoms with Crippen LogP contribution in [-0.4, -0.2) is 55.8 Å². The zero-order valence-corrected chi connectivity index (χ0v) is 28.9. The molecule has 1 atom stereocenters. The fourth-order valence-electron chi connectivity index (χ4n) is 5.19. The van der Waals surface area contributed by atoms with Crippen molar-refractivity contribution in [2.24, 2.45) is 0 Å². The van der Waals surface area contributed by atoms with Crippen LogP contribution in [0.5, 0.6) is 5.75 Å². The number of halogens is 2. The highest BCUT2D eigenvalue weighted by atomic mass is 35.5. The fraction of sp³-hybridized carbons (Fsp3) is 0.257. The van der Waals surface area contributed by atoms with E-state index in [2.05, 4.69) is 5.32 Å². The van der Waals surface area contributed by atoms with Crippen molar-refractivity contribution in [3.05, 3.63) is 129 Å². The normalized spacial score (nSPS) is 11.9. The van der Waals surface area contributed by atoms with Gasteiger partial charge in [0.15, 0.2) is 0 Å². The Hall–Kier alpha value is -5.01. The molecule has 0 saturated carbocycles. The lowest BCUT2D eigenvalue weighted by Gasteiger charge is -2.34. The van der Waals surface area contributed by atoms with E-state index in [1.165, 1.54) is 62.6 Å². The van der Waals surface area contributed by atoms with Gasteiger partial charge in [-0.15, -0.1) is 0 Å². The highest BCUT2D eigenvalue weighted by molar-refractivity contribution is 7.92. The number of hydrogen-bond acceptors (Lipinski definition) is 7. The van der Waals surface area contributed by atoms with E-state index in [1.807, 2.05) is 0 Å². The van der Waals surface area contributed by atoms with Crippen LogP contribution in [-0.2, 0) is 32.6 Å². The van der Waals surface area contributed by atoms with E-state index in [-0.39, 0.29) is 46.6 Å². The summed E-state index contributed by atoms with van der Waals surface area (Å²) in [4.78, 5) is 40.1. The number of hydrogen-bond donors (Lipinski definition) is 1. The number of aryl methyl sites for hydroxylation is 1. The summed E-state index contributed by atoms with van der Waals surface area (Å²) in [5.74, 6) is -2.00. The summed E-state index contributed by atoms with van der Waals surface area (Å²) in [7, 11) is -3.44. The van der Waals surface area contributed by atoms with Gasteiger partial charge < -0.3 is 15.0 Å². The summed E-state index contributed by atoms with van der Waals surface area (Å²) in [6, 6.07) is 20.7. The van der Waals surface area contributed by atoms with Gasteiger partial charge in [0.25, 0.3) is 15.7 Å². The molecule has 0 aliphatic rings. The third-order valence-corrected chi connectivity index (χ3v) is 9.65. The second kappa shape index (κ2) is 15.9. The van der Waals surface area contributed by atoms with Crippen molar-refractivity contribution in [3.8, 4) is 5.75 Å². The number of rotatable bonds is 14. The summed E-state index contributed by atoms with van der Waals surface area (Å²) in [5, 5.41) is 14.7. The Kier molecular flexibility index (Phi) is 12.0. The minimum absolute atomic E-state index is 0.0248. The molecule has 0 spiro atoms. The quantitative estimate of drug-likeness (QED) is 0.124. The van der Waals surface area contributed by atoms with Crippen molar-refractivity contribution in [3.63, 3.8) is 0 Å². The summed E-state index contributed by atoms with van der Waals surface area (Å²) in [5.41, 5.74) is 0.437. The summed E-state index contributed by atoms with van der Waals surface area (Å²) in [6.07, 6.45) is 0.0248. The molecule has 2 amide bonds. The second-order valence-corrected chi connectivity index (χ2v) is 13.8.